The second-order valence-corrected chi connectivity index (χ2v) is 8.35. The normalized spacial score (nSPS) is 12.8. The zero-order chi connectivity index (χ0) is 14.8. The summed E-state index contributed by atoms with van der Waals surface area (Å²) in [4.78, 5) is 4.30. The lowest BCUT2D eigenvalue weighted by Crippen LogP contribution is -2.24. The Morgan fingerprint density at radius 3 is 2.80 bits per heavy atom. The predicted octanol–water partition coefficient (Wildman–Crippen LogP) is 2.48. The molecule has 1 N–H and O–H groups in total. The second kappa shape index (κ2) is 5.67. The van der Waals surface area contributed by atoms with E-state index in [0.717, 1.165) is 10.6 Å². The molecule has 0 atom stereocenters. The fourth-order valence-corrected chi connectivity index (χ4v) is 4.06. The number of furan rings is 1. The van der Waals surface area contributed by atoms with Gasteiger partial charge in [-0.25, -0.2) is 13.4 Å². The van der Waals surface area contributed by atoms with Gasteiger partial charge in [-0.3, -0.25) is 0 Å². The van der Waals surface area contributed by atoms with Crippen LogP contribution in [0.25, 0.3) is 10.6 Å². The number of aromatic nitrogens is 1. The lowest BCUT2D eigenvalue weighted by molar-refractivity contribution is 0.0772. The zero-order valence-electron chi connectivity index (χ0n) is 11.4. The summed E-state index contributed by atoms with van der Waals surface area (Å²) in [6.07, 6.45) is 3.34. The van der Waals surface area contributed by atoms with Gasteiger partial charge in [0.25, 0.3) is 0 Å². The monoisotopic (exact) mass is 315 g/mol. The Kier molecular flexibility index (Phi) is 4.31. The van der Waals surface area contributed by atoms with Crippen molar-refractivity contribution in [1.29, 1.82) is 0 Å². The van der Waals surface area contributed by atoms with E-state index < -0.39 is 15.4 Å². The average Bonchev–Trinajstić information content (AvgIpc) is 2.95. The number of thiazole rings is 1. The van der Waals surface area contributed by atoms with E-state index >= 15 is 0 Å². The van der Waals surface area contributed by atoms with Gasteiger partial charge in [0.15, 0.2) is 9.84 Å². The maximum Gasteiger partial charge on any atom is 0.156 e. The molecule has 0 spiro atoms. The van der Waals surface area contributed by atoms with Crippen LogP contribution in [-0.2, 0) is 15.6 Å². The van der Waals surface area contributed by atoms with Crippen molar-refractivity contribution in [2.24, 2.45) is 0 Å². The lowest BCUT2D eigenvalue weighted by atomic mass is 10.1. The van der Waals surface area contributed by atoms with E-state index in [9.17, 15) is 13.5 Å². The number of sulfone groups is 1. The Balaban J connectivity index is 2.03. The van der Waals surface area contributed by atoms with Gasteiger partial charge in [0.1, 0.15) is 11.3 Å². The molecule has 0 aliphatic carbocycles. The molecule has 0 amide bonds. The van der Waals surface area contributed by atoms with Crippen molar-refractivity contribution < 1.29 is 17.9 Å². The first-order valence-electron chi connectivity index (χ1n) is 6.15. The first kappa shape index (κ1) is 15.2. The third-order valence-corrected chi connectivity index (χ3v) is 5.21. The number of rotatable bonds is 6. The van der Waals surface area contributed by atoms with Crippen molar-refractivity contribution >= 4 is 21.2 Å². The molecule has 0 saturated heterocycles. The summed E-state index contributed by atoms with van der Waals surface area (Å²) in [6.45, 7) is 3.20. The number of aliphatic hydroxyl groups is 1. The highest BCUT2D eigenvalue weighted by Gasteiger charge is 2.20. The van der Waals surface area contributed by atoms with Crippen LogP contribution in [0.3, 0.4) is 0 Å². The highest BCUT2D eigenvalue weighted by molar-refractivity contribution is 7.90. The standard InChI is InChI=1S/C13H17NO4S2/c1-13(2,15)4-6-20(16,17)9-11-8-19-12(14-11)10-3-5-18-7-10/h3,5,7-8,15H,4,6,9H2,1-2H3. The van der Waals surface area contributed by atoms with Crippen molar-refractivity contribution in [2.75, 3.05) is 5.75 Å². The quantitative estimate of drug-likeness (QED) is 0.885. The van der Waals surface area contributed by atoms with Crippen molar-refractivity contribution in [2.45, 2.75) is 31.6 Å². The van der Waals surface area contributed by atoms with Crippen LogP contribution in [0.5, 0.6) is 0 Å². The van der Waals surface area contributed by atoms with Gasteiger partial charge in [0.05, 0.1) is 29.1 Å². The Morgan fingerprint density at radius 1 is 1.45 bits per heavy atom. The van der Waals surface area contributed by atoms with E-state index in [2.05, 4.69) is 4.98 Å². The summed E-state index contributed by atoms with van der Waals surface area (Å²) in [5.41, 5.74) is 0.397. The molecule has 0 aliphatic rings. The molecule has 2 aromatic heterocycles. The molecular weight excluding hydrogens is 298 g/mol. The largest absolute Gasteiger partial charge is 0.472 e. The third kappa shape index (κ3) is 4.43. The van der Waals surface area contributed by atoms with Crippen molar-refractivity contribution in [3.05, 3.63) is 29.7 Å². The van der Waals surface area contributed by atoms with Crippen LogP contribution in [-0.4, -0.2) is 29.9 Å². The van der Waals surface area contributed by atoms with E-state index in [1.807, 2.05) is 0 Å². The molecule has 2 aromatic rings. The number of hydrogen-bond acceptors (Lipinski definition) is 6. The smallest absolute Gasteiger partial charge is 0.156 e. The average molecular weight is 315 g/mol. The van der Waals surface area contributed by atoms with Gasteiger partial charge in [-0.05, 0) is 26.3 Å². The molecule has 7 heteroatoms. The van der Waals surface area contributed by atoms with Gasteiger partial charge in [-0.1, -0.05) is 0 Å². The first-order chi connectivity index (χ1) is 9.25. The van der Waals surface area contributed by atoms with E-state index in [0.29, 0.717) is 5.69 Å². The highest BCUT2D eigenvalue weighted by Crippen LogP contribution is 2.25. The highest BCUT2D eigenvalue weighted by atomic mass is 32.2. The molecule has 110 valence electrons. The van der Waals surface area contributed by atoms with Crippen LogP contribution in [0.4, 0.5) is 0 Å². The van der Waals surface area contributed by atoms with Gasteiger partial charge >= 0.3 is 0 Å². The molecule has 0 unspecified atom stereocenters. The maximum atomic E-state index is 12.0. The molecule has 5 nitrogen and oxygen atoms in total. The summed E-state index contributed by atoms with van der Waals surface area (Å²) < 4.78 is 28.9. The van der Waals surface area contributed by atoms with Crippen molar-refractivity contribution in [3.8, 4) is 10.6 Å². The van der Waals surface area contributed by atoms with Gasteiger partial charge in [-0.2, -0.15) is 0 Å². The summed E-state index contributed by atoms with van der Waals surface area (Å²) in [6, 6.07) is 1.78. The minimum Gasteiger partial charge on any atom is -0.472 e. The van der Waals surface area contributed by atoms with Crippen molar-refractivity contribution in [3.63, 3.8) is 0 Å². The van der Waals surface area contributed by atoms with E-state index in [1.165, 1.54) is 11.3 Å². The van der Waals surface area contributed by atoms with E-state index in [1.54, 1.807) is 37.8 Å². The Bertz CT molecular complexity index is 651. The van der Waals surface area contributed by atoms with Gasteiger partial charge in [0, 0.05) is 10.9 Å². The molecule has 2 rings (SSSR count). The second-order valence-electron chi connectivity index (χ2n) is 5.31. The minimum atomic E-state index is -3.26. The summed E-state index contributed by atoms with van der Waals surface area (Å²) in [5.74, 6) is -0.146. The molecule has 0 bridgehead atoms. The predicted molar refractivity (Wildman–Crippen MR) is 78.2 cm³/mol. The van der Waals surface area contributed by atoms with E-state index in [4.69, 9.17) is 4.42 Å². The third-order valence-electron chi connectivity index (χ3n) is 2.71. The van der Waals surface area contributed by atoms with Crippen LogP contribution < -0.4 is 0 Å². The SMILES string of the molecule is CC(C)(O)CCS(=O)(=O)Cc1csc(-c2ccoc2)n1. The molecular formula is C13H17NO4S2. The van der Waals surface area contributed by atoms with Gasteiger partial charge < -0.3 is 9.52 Å². The minimum absolute atomic E-state index is 0.0466. The number of nitrogens with zero attached hydrogens (tertiary/aromatic N) is 1. The van der Waals surface area contributed by atoms with Crippen LogP contribution in [0, 0.1) is 0 Å². The van der Waals surface area contributed by atoms with Crippen molar-refractivity contribution in [1.82, 2.24) is 4.98 Å². The van der Waals surface area contributed by atoms with Crippen LogP contribution in [0.1, 0.15) is 26.0 Å². The molecule has 0 radical (unpaired) electrons. The molecule has 2 heterocycles. The Labute approximate surface area is 122 Å². The zero-order valence-corrected chi connectivity index (χ0v) is 13.0. The number of hydrogen-bond donors (Lipinski definition) is 1. The summed E-state index contributed by atoms with van der Waals surface area (Å²) >= 11 is 1.39. The maximum absolute atomic E-state index is 12.0. The molecule has 20 heavy (non-hydrogen) atoms. The molecule has 0 aromatic carbocycles. The van der Waals surface area contributed by atoms with E-state index in [-0.39, 0.29) is 17.9 Å². The van der Waals surface area contributed by atoms with Crippen LogP contribution >= 0.6 is 11.3 Å². The fraction of sp³-hybridized carbons (Fsp3) is 0.462. The Morgan fingerprint density at radius 2 is 2.20 bits per heavy atom. The fourth-order valence-electron chi connectivity index (χ4n) is 1.59. The lowest BCUT2D eigenvalue weighted by Gasteiger charge is -2.16. The van der Waals surface area contributed by atoms with Crippen LogP contribution in [0.2, 0.25) is 0 Å². The topological polar surface area (TPSA) is 80.4 Å². The van der Waals surface area contributed by atoms with Crippen LogP contribution in [0.15, 0.2) is 28.4 Å². The summed E-state index contributed by atoms with van der Waals surface area (Å²) in [5, 5.41) is 12.1. The van der Waals surface area contributed by atoms with Gasteiger partial charge in [-0.15, -0.1) is 11.3 Å². The first-order valence-corrected chi connectivity index (χ1v) is 8.85. The summed E-state index contributed by atoms with van der Waals surface area (Å²) in [7, 11) is -3.26. The molecule has 0 aliphatic heterocycles. The van der Waals surface area contributed by atoms with Gasteiger partial charge in [0.2, 0.25) is 0 Å². The molecule has 0 fully saturated rings. The Hall–Kier alpha value is -1.18. The molecule has 0 saturated carbocycles.